The zero-order valence-corrected chi connectivity index (χ0v) is 59.1. The van der Waals surface area contributed by atoms with Gasteiger partial charge in [-0.1, -0.05) is 314 Å². The van der Waals surface area contributed by atoms with Gasteiger partial charge >= 0.3 is 5.97 Å². The molecule has 0 saturated carbocycles. The van der Waals surface area contributed by atoms with Gasteiger partial charge in [0.25, 0.3) is 0 Å². The molecule has 530 valence electrons. The first-order valence-electron chi connectivity index (χ1n) is 37.6. The zero-order chi connectivity index (χ0) is 67.4. The van der Waals surface area contributed by atoms with Gasteiger partial charge in [-0.15, -0.1) is 0 Å². The number of carbonyl (C=O) groups excluding carboxylic acids is 2. The first kappa shape index (κ1) is 86.6. The minimum atomic E-state index is -1.63. The number of esters is 1. The Bertz CT molecular complexity index is 2080. The van der Waals surface area contributed by atoms with E-state index in [1.807, 2.05) is 6.08 Å². The summed E-state index contributed by atoms with van der Waals surface area (Å²) >= 11 is 0. The van der Waals surface area contributed by atoms with Gasteiger partial charge in [-0.05, 0) is 122 Å². The zero-order valence-electron chi connectivity index (χ0n) is 59.1. The predicted octanol–water partition coefficient (Wildman–Crippen LogP) is 20.1. The second-order valence-electron chi connectivity index (χ2n) is 25.3. The van der Waals surface area contributed by atoms with E-state index in [0.717, 1.165) is 154 Å². The highest BCUT2D eigenvalue weighted by Crippen LogP contribution is 2.26. The Hall–Kier alpha value is -4.46. The Labute approximate surface area is 568 Å². The van der Waals surface area contributed by atoms with Gasteiger partial charge in [0.2, 0.25) is 5.91 Å². The largest absolute Gasteiger partial charge is 0.454 e. The van der Waals surface area contributed by atoms with Crippen LogP contribution >= 0.6 is 0 Å². The fraction of sp³-hybridized carbons (Fsp3) is 0.683. The summed E-state index contributed by atoms with van der Waals surface area (Å²) < 4.78 is 17.7. The van der Waals surface area contributed by atoms with E-state index in [2.05, 4.69) is 160 Å². The molecule has 93 heavy (non-hydrogen) atoms. The van der Waals surface area contributed by atoms with E-state index in [-0.39, 0.29) is 19.4 Å². The molecule has 1 aliphatic rings. The van der Waals surface area contributed by atoms with Gasteiger partial charge in [0.15, 0.2) is 12.4 Å². The molecular formula is C82H137NO10. The van der Waals surface area contributed by atoms with Crippen LogP contribution in [0.4, 0.5) is 0 Å². The lowest BCUT2D eigenvalue weighted by molar-refractivity contribution is -0.305. The van der Waals surface area contributed by atoms with Crippen molar-refractivity contribution >= 4 is 11.9 Å². The van der Waals surface area contributed by atoms with Crippen molar-refractivity contribution in [3.63, 3.8) is 0 Å². The van der Waals surface area contributed by atoms with E-state index in [1.54, 1.807) is 6.08 Å². The van der Waals surface area contributed by atoms with E-state index in [1.165, 1.54) is 96.3 Å². The van der Waals surface area contributed by atoms with Gasteiger partial charge in [0.1, 0.15) is 24.4 Å². The normalized spacial score (nSPS) is 18.7. The van der Waals surface area contributed by atoms with E-state index in [0.29, 0.717) is 12.8 Å². The van der Waals surface area contributed by atoms with Crippen molar-refractivity contribution in [2.75, 3.05) is 13.2 Å². The van der Waals surface area contributed by atoms with E-state index in [9.17, 15) is 35.1 Å². The molecule has 11 nitrogen and oxygen atoms in total. The molecule has 6 N–H and O–H groups in total. The summed E-state index contributed by atoms with van der Waals surface area (Å²) in [6.45, 7) is 5.57. The molecule has 0 spiro atoms. The number of ether oxygens (including phenoxy) is 3. The summed E-state index contributed by atoms with van der Waals surface area (Å²) in [6.07, 6.45) is 87.4. The molecule has 1 rings (SSSR count). The summed E-state index contributed by atoms with van der Waals surface area (Å²) in [6, 6.07) is -1.04. The summed E-state index contributed by atoms with van der Waals surface area (Å²) in [5.41, 5.74) is 0. The van der Waals surface area contributed by atoms with Crippen LogP contribution < -0.4 is 5.32 Å². The van der Waals surface area contributed by atoms with Crippen molar-refractivity contribution < 1.29 is 49.3 Å². The van der Waals surface area contributed by atoms with Crippen LogP contribution in [0.3, 0.4) is 0 Å². The topological polar surface area (TPSA) is 175 Å². The van der Waals surface area contributed by atoms with Crippen LogP contribution in [0.15, 0.2) is 146 Å². The van der Waals surface area contributed by atoms with Crippen LogP contribution in [0.2, 0.25) is 0 Å². The molecule has 0 radical (unpaired) electrons. The number of amides is 1. The molecule has 0 aromatic carbocycles. The second kappa shape index (κ2) is 67.5. The van der Waals surface area contributed by atoms with Crippen molar-refractivity contribution in [3.8, 4) is 0 Å². The lowest BCUT2D eigenvalue weighted by atomic mass is 9.99. The third-order valence-corrected chi connectivity index (χ3v) is 16.7. The second-order valence-corrected chi connectivity index (χ2v) is 25.3. The first-order valence-corrected chi connectivity index (χ1v) is 37.6. The van der Waals surface area contributed by atoms with Crippen molar-refractivity contribution in [3.05, 3.63) is 146 Å². The van der Waals surface area contributed by atoms with Crippen LogP contribution in [-0.2, 0) is 23.8 Å². The highest BCUT2D eigenvalue weighted by molar-refractivity contribution is 5.80. The van der Waals surface area contributed by atoms with Crippen LogP contribution in [0.25, 0.3) is 0 Å². The average Bonchev–Trinajstić information content (AvgIpc) is 0.842. The highest BCUT2D eigenvalue weighted by Gasteiger charge is 2.47. The number of carbonyl (C=O) groups is 2. The SMILES string of the molecule is CC/C=C\C/C=C\C/C=C\C/C=C\C/C=C\C/C=C\CCCCCCCCCCC(=O)OC1C(OCC(NC(=O)C(O)CCCCCCCCCCCC/C=C\C/C=C\C/C=C\C/C=C\C/C=C\CC)C(O)/C=C/CCCCCCCCCCC)OC(CO)C(O)C1O. The minimum Gasteiger partial charge on any atom is -0.454 e. The Morgan fingerprint density at radius 3 is 1.16 bits per heavy atom. The monoisotopic (exact) mass is 1300 g/mol. The van der Waals surface area contributed by atoms with Gasteiger partial charge in [-0.3, -0.25) is 9.59 Å². The van der Waals surface area contributed by atoms with Gasteiger partial charge in [0, 0.05) is 6.42 Å². The molecule has 1 aliphatic heterocycles. The Balaban J connectivity index is 2.53. The van der Waals surface area contributed by atoms with Crippen LogP contribution in [0.5, 0.6) is 0 Å². The number of allylic oxidation sites excluding steroid dienone is 23. The summed E-state index contributed by atoms with van der Waals surface area (Å²) in [5, 5.41) is 57.3. The van der Waals surface area contributed by atoms with Gasteiger partial charge in [0.05, 0.1) is 25.4 Å². The lowest BCUT2D eigenvalue weighted by Crippen LogP contribution is -2.61. The molecule has 0 aliphatic carbocycles. The van der Waals surface area contributed by atoms with Gasteiger partial charge in [-0.25, -0.2) is 0 Å². The summed E-state index contributed by atoms with van der Waals surface area (Å²) in [4.78, 5) is 26.7. The summed E-state index contributed by atoms with van der Waals surface area (Å²) in [7, 11) is 0. The molecule has 1 heterocycles. The number of unbranched alkanes of at least 4 members (excludes halogenated alkanes) is 27. The Morgan fingerprint density at radius 1 is 0.430 bits per heavy atom. The standard InChI is InChI=1S/C82H137NO10/c1-4-7-10-13-16-19-22-24-26-28-30-32-34-36-38-40-42-44-46-48-50-52-55-58-61-64-67-70-77(87)93-80-79(89)78(88)76(71-84)92-82(80)91-72-73(74(85)68-65-62-59-56-53-21-18-15-12-9-6-3)83-81(90)75(86)69-66-63-60-57-54-51-49-47-45-43-41-39-37-35-33-31-29-27-25-23-20-17-14-11-8-5-2/h7-8,10-11,16-17,19-20,24-27,30-33,36-39,42,44,65,68,73-76,78-80,82,84-86,88-89H,4-6,9,12-15,18,21-23,28-29,34-35,40-41,43,45-64,66-67,69-72H2,1-3H3,(H,83,90)/b10-7-,11-8-,19-16-,20-17-,26-24-,27-25-,32-30-,33-31-,38-36-,39-37-,44-42-,68-65+. The van der Waals surface area contributed by atoms with Crippen molar-refractivity contribution in [1.82, 2.24) is 5.32 Å². The fourth-order valence-electron chi connectivity index (χ4n) is 10.9. The third-order valence-electron chi connectivity index (χ3n) is 16.7. The third kappa shape index (κ3) is 54.4. The maximum atomic E-state index is 13.5. The smallest absolute Gasteiger partial charge is 0.306 e. The maximum Gasteiger partial charge on any atom is 0.306 e. The molecule has 1 fully saturated rings. The molecule has 11 heteroatoms. The molecule has 8 atom stereocenters. The molecule has 0 aromatic rings. The quantitative estimate of drug-likeness (QED) is 0.0195. The van der Waals surface area contributed by atoms with E-state index >= 15 is 0 Å². The number of hydrogen-bond acceptors (Lipinski definition) is 10. The van der Waals surface area contributed by atoms with Crippen molar-refractivity contribution in [1.29, 1.82) is 0 Å². The Morgan fingerprint density at radius 2 is 0.774 bits per heavy atom. The van der Waals surface area contributed by atoms with Crippen LogP contribution in [0.1, 0.15) is 297 Å². The Kier molecular flexibility index (Phi) is 62.8. The molecule has 8 unspecified atom stereocenters. The van der Waals surface area contributed by atoms with Crippen LogP contribution in [-0.4, -0.2) is 99.6 Å². The van der Waals surface area contributed by atoms with Crippen LogP contribution in [0, 0.1) is 0 Å². The average molecular weight is 1300 g/mol. The first-order chi connectivity index (χ1) is 45.7. The van der Waals surface area contributed by atoms with E-state index in [4.69, 9.17) is 14.2 Å². The number of aliphatic hydroxyl groups excluding tert-OH is 5. The molecule has 1 amide bonds. The molecule has 0 bridgehead atoms. The fourth-order valence-corrected chi connectivity index (χ4v) is 10.9. The summed E-state index contributed by atoms with van der Waals surface area (Å²) in [5.74, 6) is -1.21. The number of hydrogen-bond donors (Lipinski definition) is 6. The van der Waals surface area contributed by atoms with Gasteiger partial charge < -0.3 is 45.1 Å². The van der Waals surface area contributed by atoms with E-state index < -0.39 is 67.4 Å². The predicted molar refractivity (Wildman–Crippen MR) is 393 cm³/mol. The number of aliphatic hydroxyl groups is 5. The molecule has 0 aromatic heterocycles. The maximum absolute atomic E-state index is 13.5. The van der Waals surface area contributed by atoms with Crippen molar-refractivity contribution in [2.24, 2.45) is 0 Å². The molecule has 1 saturated heterocycles. The molecular weight excluding hydrogens is 1160 g/mol. The van der Waals surface area contributed by atoms with Gasteiger partial charge in [-0.2, -0.15) is 0 Å². The highest BCUT2D eigenvalue weighted by atomic mass is 16.7. The number of nitrogens with one attached hydrogen (secondary N) is 1. The minimum absolute atomic E-state index is 0.106. The van der Waals surface area contributed by atoms with Crippen molar-refractivity contribution in [2.45, 2.75) is 346 Å². The lowest BCUT2D eigenvalue weighted by Gasteiger charge is -2.41. The number of rotatable bonds is 63.